The van der Waals surface area contributed by atoms with Crippen LogP contribution in [0, 0.1) is 13.8 Å². The lowest BCUT2D eigenvalue weighted by Gasteiger charge is -2.15. The van der Waals surface area contributed by atoms with E-state index in [1.165, 1.54) is 0 Å². The van der Waals surface area contributed by atoms with Crippen LogP contribution in [0.2, 0.25) is 0 Å². The van der Waals surface area contributed by atoms with Gasteiger partial charge in [-0.2, -0.15) is 0 Å². The number of para-hydroxylation sites is 2. The molecule has 0 unspecified atom stereocenters. The molecule has 0 saturated carbocycles. The van der Waals surface area contributed by atoms with Gasteiger partial charge in [0, 0.05) is 12.2 Å². The molecule has 3 aromatic rings. The van der Waals surface area contributed by atoms with E-state index in [0.717, 1.165) is 41.7 Å². The third kappa shape index (κ3) is 3.20. The number of benzene rings is 1. The first-order valence-corrected chi connectivity index (χ1v) is 8.39. The van der Waals surface area contributed by atoms with E-state index in [4.69, 9.17) is 4.42 Å². The van der Waals surface area contributed by atoms with E-state index in [2.05, 4.69) is 17.2 Å². The molecule has 24 heavy (non-hydrogen) atoms. The Bertz CT molecular complexity index is 876. The van der Waals surface area contributed by atoms with Crippen LogP contribution < -0.4 is 10.9 Å². The van der Waals surface area contributed by atoms with Crippen LogP contribution in [-0.2, 0) is 13.1 Å². The van der Waals surface area contributed by atoms with Crippen molar-refractivity contribution in [2.24, 2.45) is 0 Å². The number of hydrogen-bond donors (Lipinski definition) is 1. The number of nitrogens with one attached hydrogen (secondary N) is 1. The van der Waals surface area contributed by atoms with Crippen molar-refractivity contribution in [1.82, 2.24) is 9.55 Å². The minimum absolute atomic E-state index is 0.0164. The predicted molar refractivity (Wildman–Crippen MR) is 96.4 cm³/mol. The number of unbranched alkanes of at least 4 members (excludes halogenated alkanes) is 1. The topological polar surface area (TPSA) is 60.1 Å². The van der Waals surface area contributed by atoms with Crippen molar-refractivity contribution >= 4 is 16.8 Å². The largest absolute Gasteiger partial charge is 0.439 e. The van der Waals surface area contributed by atoms with Crippen molar-refractivity contribution in [3.63, 3.8) is 0 Å². The summed E-state index contributed by atoms with van der Waals surface area (Å²) in [7, 11) is 0. The number of nitrogens with zero attached hydrogens (tertiary/aromatic N) is 2. The molecule has 3 rings (SSSR count). The van der Waals surface area contributed by atoms with Crippen LogP contribution in [0.15, 0.2) is 39.5 Å². The average Bonchev–Trinajstić information content (AvgIpc) is 3.00. The van der Waals surface area contributed by atoms with E-state index in [1.54, 1.807) is 0 Å². The second-order valence-electron chi connectivity index (χ2n) is 6.07. The van der Waals surface area contributed by atoms with Gasteiger partial charge in [0.05, 0.1) is 6.54 Å². The summed E-state index contributed by atoms with van der Waals surface area (Å²) in [6.45, 7) is 7.29. The molecule has 0 saturated heterocycles. The zero-order valence-corrected chi connectivity index (χ0v) is 14.4. The number of oxazole rings is 1. The molecule has 2 aromatic heterocycles. The van der Waals surface area contributed by atoms with Gasteiger partial charge < -0.3 is 14.3 Å². The fourth-order valence-electron chi connectivity index (χ4n) is 2.77. The second-order valence-corrected chi connectivity index (χ2v) is 6.07. The van der Waals surface area contributed by atoms with Crippen LogP contribution in [0.1, 0.15) is 36.9 Å². The Morgan fingerprint density at radius 3 is 2.79 bits per heavy atom. The fraction of sp³-hybridized carbons (Fsp3) is 0.368. The SMILES string of the molecule is CCCCn1c(C)c(C)cc(NCc2nc3ccccc3o2)c1=O. The number of rotatable bonds is 6. The first-order valence-electron chi connectivity index (χ1n) is 8.39. The minimum Gasteiger partial charge on any atom is -0.439 e. The van der Waals surface area contributed by atoms with Gasteiger partial charge >= 0.3 is 0 Å². The Kier molecular flexibility index (Phi) is 4.69. The van der Waals surface area contributed by atoms with Gasteiger partial charge in [-0.1, -0.05) is 25.5 Å². The van der Waals surface area contributed by atoms with Crippen LogP contribution in [-0.4, -0.2) is 9.55 Å². The fourth-order valence-corrected chi connectivity index (χ4v) is 2.77. The van der Waals surface area contributed by atoms with Crippen LogP contribution in [0.4, 0.5) is 5.69 Å². The molecule has 1 N–H and O–H groups in total. The summed E-state index contributed by atoms with van der Waals surface area (Å²) in [6, 6.07) is 9.55. The molecule has 5 nitrogen and oxygen atoms in total. The number of aromatic nitrogens is 2. The molecule has 0 atom stereocenters. The standard InChI is InChI=1S/C19H23N3O2/c1-4-5-10-22-14(3)13(2)11-16(19(22)23)20-12-18-21-15-8-6-7-9-17(15)24-18/h6-9,11,20H,4-5,10,12H2,1-3H3. The summed E-state index contributed by atoms with van der Waals surface area (Å²) in [5.41, 5.74) is 4.33. The monoisotopic (exact) mass is 325 g/mol. The van der Waals surface area contributed by atoms with Gasteiger partial charge in [0.1, 0.15) is 11.2 Å². The molecule has 0 aliphatic carbocycles. The molecule has 0 aliphatic heterocycles. The molecule has 0 spiro atoms. The normalized spacial score (nSPS) is 11.1. The Morgan fingerprint density at radius 1 is 1.25 bits per heavy atom. The molecule has 0 aliphatic rings. The lowest BCUT2D eigenvalue weighted by atomic mass is 10.2. The Morgan fingerprint density at radius 2 is 2.04 bits per heavy atom. The zero-order valence-electron chi connectivity index (χ0n) is 14.4. The molecule has 1 aromatic carbocycles. The van der Waals surface area contributed by atoms with Crippen molar-refractivity contribution in [2.75, 3.05) is 5.32 Å². The predicted octanol–water partition coefficient (Wildman–Crippen LogP) is 4.02. The highest BCUT2D eigenvalue weighted by Crippen LogP contribution is 2.16. The average molecular weight is 325 g/mol. The number of pyridine rings is 1. The molecular weight excluding hydrogens is 302 g/mol. The second kappa shape index (κ2) is 6.91. The Hall–Kier alpha value is -2.56. The number of anilines is 1. The molecule has 0 fully saturated rings. The highest BCUT2D eigenvalue weighted by Gasteiger charge is 2.11. The lowest BCUT2D eigenvalue weighted by molar-refractivity contribution is 0.539. The van der Waals surface area contributed by atoms with Gasteiger partial charge in [-0.05, 0) is 44.0 Å². The third-order valence-electron chi connectivity index (χ3n) is 4.32. The van der Waals surface area contributed by atoms with Crippen molar-refractivity contribution in [1.29, 1.82) is 0 Å². The van der Waals surface area contributed by atoms with Crippen molar-refractivity contribution < 1.29 is 4.42 Å². The summed E-state index contributed by atoms with van der Waals surface area (Å²) in [5.74, 6) is 0.578. The first kappa shape index (κ1) is 16.3. The maximum Gasteiger partial charge on any atom is 0.274 e. The van der Waals surface area contributed by atoms with Crippen molar-refractivity contribution in [3.8, 4) is 0 Å². The molecule has 0 bridgehead atoms. The van der Waals surface area contributed by atoms with Gasteiger partial charge in [0.15, 0.2) is 5.58 Å². The van der Waals surface area contributed by atoms with E-state index >= 15 is 0 Å². The van der Waals surface area contributed by atoms with Crippen LogP contribution in [0.25, 0.3) is 11.1 Å². The minimum atomic E-state index is 0.0164. The van der Waals surface area contributed by atoms with E-state index in [-0.39, 0.29) is 5.56 Å². The van der Waals surface area contributed by atoms with E-state index < -0.39 is 0 Å². The highest BCUT2D eigenvalue weighted by atomic mass is 16.3. The summed E-state index contributed by atoms with van der Waals surface area (Å²) in [5, 5.41) is 3.19. The Balaban J connectivity index is 1.84. The third-order valence-corrected chi connectivity index (χ3v) is 4.32. The van der Waals surface area contributed by atoms with Crippen molar-refractivity contribution in [2.45, 2.75) is 46.7 Å². The molecule has 0 radical (unpaired) electrons. The quantitative estimate of drug-likeness (QED) is 0.743. The van der Waals surface area contributed by atoms with E-state index in [0.29, 0.717) is 18.1 Å². The maximum atomic E-state index is 12.7. The highest BCUT2D eigenvalue weighted by molar-refractivity contribution is 5.72. The van der Waals surface area contributed by atoms with Crippen LogP contribution in [0.3, 0.4) is 0 Å². The van der Waals surface area contributed by atoms with Crippen LogP contribution in [0.5, 0.6) is 0 Å². The first-order chi connectivity index (χ1) is 11.6. The van der Waals surface area contributed by atoms with Gasteiger partial charge in [0.2, 0.25) is 5.89 Å². The van der Waals surface area contributed by atoms with Gasteiger partial charge in [-0.3, -0.25) is 4.79 Å². The number of aryl methyl sites for hydroxylation is 1. The van der Waals surface area contributed by atoms with Gasteiger partial charge in [-0.25, -0.2) is 4.98 Å². The Labute approximate surface area is 141 Å². The van der Waals surface area contributed by atoms with E-state index in [9.17, 15) is 4.79 Å². The van der Waals surface area contributed by atoms with Gasteiger partial charge in [0.25, 0.3) is 5.56 Å². The number of fused-ring (bicyclic) bond motifs is 1. The summed E-state index contributed by atoms with van der Waals surface area (Å²) in [4.78, 5) is 17.1. The zero-order chi connectivity index (χ0) is 17.1. The molecule has 5 heteroatoms. The molecule has 0 amide bonds. The van der Waals surface area contributed by atoms with Gasteiger partial charge in [-0.15, -0.1) is 0 Å². The summed E-state index contributed by atoms with van der Waals surface area (Å²) in [6.07, 6.45) is 2.06. The number of hydrogen-bond acceptors (Lipinski definition) is 4. The smallest absolute Gasteiger partial charge is 0.274 e. The summed E-state index contributed by atoms with van der Waals surface area (Å²) >= 11 is 0. The lowest BCUT2D eigenvalue weighted by Crippen LogP contribution is -2.26. The van der Waals surface area contributed by atoms with Crippen molar-refractivity contribution in [3.05, 3.63) is 57.8 Å². The molecule has 126 valence electrons. The summed E-state index contributed by atoms with van der Waals surface area (Å²) < 4.78 is 7.55. The maximum absolute atomic E-state index is 12.7. The molecular formula is C19H23N3O2. The van der Waals surface area contributed by atoms with E-state index in [1.807, 2.05) is 48.7 Å². The molecule has 2 heterocycles. The van der Waals surface area contributed by atoms with Crippen LogP contribution >= 0.6 is 0 Å².